The summed E-state index contributed by atoms with van der Waals surface area (Å²) < 4.78 is 11.0. The first-order valence-electron chi connectivity index (χ1n) is 7.12. The van der Waals surface area contributed by atoms with Gasteiger partial charge in [0, 0.05) is 19.1 Å². The number of hydrogen-bond donors (Lipinski definition) is 0. The Morgan fingerprint density at radius 1 is 1.35 bits per heavy atom. The lowest BCUT2D eigenvalue weighted by Crippen LogP contribution is -2.35. The average Bonchev–Trinajstić information content (AvgIpc) is 2.96. The highest BCUT2D eigenvalue weighted by molar-refractivity contribution is 5.79. The van der Waals surface area contributed by atoms with Gasteiger partial charge in [-0.3, -0.25) is 4.79 Å². The maximum atomic E-state index is 12.4. The Morgan fingerprint density at radius 3 is 2.75 bits per heavy atom. The van der Waals surface area contributed by atoms with Crippen molar-refractivity contribution in [1.82, 2.24) is 14.8 Å². The highest BCUT2D eigenvalue weighted by Crippen LogP contribution is 2.27. The summed E-state index contributed by atoms with van der Waals surface area (Å²) in [6.07, 6.45) is 1.66. The quantitative estimate of drug-likeness (QED) is 0.826. The van der Waals surface area contributed by atoms with E-state index in [1.807, 2.05) is 23.9 Å². The summed E-state index contributed by atoms with van der Waals surface area (Å²) >= 11 is 0. The van der Waals surface area contributed by atoms with Crippen molar-refractivity contribution >= 4 is 5.91 Å². The molecule has 110 valence electrons. The van der Waals surface area contributed by atoms with Crippen LogP contribution in [0, 0.1) is 5.92 Å². The summed E-state index contributed by atoms with van der Waals surface area (Å²) in [4.78, 5) is 20.8. The Morgan fingerprint density at radius 2 is 2.10 bits per heavy atom. The van der Waals surface area contributed by atoms with Crippen LogP contribution in [0.1, 0.15) is 30.2 Å². The molecule has 0 spiro atoms. The molecular weight excluding hydrogens is 258 g/mol. The Bertz CT molecular complexity index is 468. The maximum absolute atomic E-state index is 12.4. The molecular formula is C14H21N3O3. The molecule has 0 radical (unpaired) electrons. The molecule has 1 aromatic heterocycles. The minimum absolute atomic E-state index is 0.106. The number of hydrogen-bond acceptors (Lipinski definition) is 5. The summed E-state index contributed by atoms with van der Waals surface area (Å²) in [5, 5.41) is 0. The fourth-order valence-corrected chi connectivity index (χ4v) is 2.79. The molecule has 0 N–H and O–H groups in total. The number of aromatic nitrogens is 1. The van der Waals surface area contributed by atoms with Gasteiger partial charge >= 0.3 is 0 Å². The van der Waals surface area contributed by atoms with Crippen molar-refractivity contribution in [1.29, 1.82) is 0 Å². The number of fused-ring (bicyclic) bond motifs is 1. The van der Waals surface area contributed by atoms with Crippen LogP contribution >= 0.6 is 0 Å². The standard InChI is InChI=1S/C14H21N3O3/c1-16(2)9-13-15-11-7-17(8-12(11)20-13)14(18)10-3-5-19-6-4-10/h10H,3-9H2,1-2H3. The third kappa shape index (κ3) is 2.71. The van der Waals surface area contributed by atoms with E-state index < -0.39 is 0 Å². The highest BCUT2D eigenvalue weighted by Gasteiger charge is 2.33. The van der Waals surface area contributed by atoms with Crippen LogP contribution in [-0.4, -0.2) is 48.0 Å². The largest absolute Gasteiger partial charge is 0.442 e. The zero-order valence-electron chi connectivity index (χ0n) is 12.1. The summed E-state index contributed by atoms with van der Waals surface area (Å²) in [5.74, 6) is 1.91. The highest BCUT2D eigenvalue weighted by atomic mass is 16.5. The smallest absolute Gasteiger partial charge is 0.226 e. The van der Waals surface area contributed by atoms with Crippen molar-refractivity contribution in [2.24, 2.45) is 5.92 Å². The lowest BCUT2D eigenvalue weighted by Gasteiger charge is -2.25. The van der Waals surface area contributed by atoms with Crippen molar-refractivity contribution in [3.8, 4) is 0 Å². The molecule has 6 heteroatoms. The molecule has 1 amide bonds. The second kappa shape index (κ2) is 5.54. The molecule has 3 rings (SSSR count). The molecule has 0 saturated carbocycles. The Hall–Kier alpha value is -1.40. The maximum Gasteiger partial charge on any atom is 0.226 e. The number of rotatable bonds is 3. The van der Waals surface area contributed by atoms with Gasteiger partial charge in [-0.05, 0) is 26.9 Å². The fourth-order valence-electron chi connectivity index (χ4n) is 2.79. The number of amides is 1. The van der Waals surface area contributed by atoms with Crippen molar-refractivity contribution in [3.63, 3.8) is 0 Å². The lowest BCUT2D eigenvalue weighted by atomic mass is 9.99. The van der Waals surface area contributed by atoms with E-state index in [1.54, 1.807) is 0 Å². The summed E-state index contributed by atoms with van der Waals surface area (Å²) in [6.45, 7) is 3.23. The number of carbonyl (C=O) groups excluding carboxylic acids is 1. The van der Waals surface area contributed by atoms with Crippen LogP contribution < -0.4 is 0 Å². The van der Waals surface area contributed by atoms with E-state index >= 15 is 0 Å². The molecule has 2 aliphatic rings. The minimum atomic E-state index is 0.106. The summed E-state index contributed by atoms with van der Waals surface area (Å²) in [7, 11) is 3.96. The average molecular weight is 279 g/mol. The van der Waals surface area contributed by atoms with Gasteiger partial charge in [-0.2, -0.15) is 0 Å². The minimum Gasteiger partial charge on any atom is -0.442 e. The molecule has 20 heavy (non-hydrogen) atoms. The molecule has 6 nitrogen and oxygen atoms in total. The zero-order chi connectivity index (χ0) is 14.1. The summed E-state index contributed by atoms with van der Waals surface area (Å²) in [5.41, 5.74) is 0.919. The molecule has 3 heterocycles. The van der Waals surface area contributed by atoms with Gasteiger partial charge in [0.25, 0.3) is 0 Å². The van der Waals surface area contributed by atoms with Crippen molar-refractivity contribution in [3.05, 3.63) is 17.3 Å². The van der Waals surface area contributed by atoms with E-state index in [4.69, 9.17) is 9.15 Å². The van der Waals surface area contributed by atoms with Crippen molar-refractivity contribution in [2.75, 3.05) is 27.3 Å². The van der Waals surface area contributed by atoms with Gasteiger partial charge in [0.05, 0.1) is 19.6 Å². The first kappa shape index (κ1) is 13.6. The Kier molecular flexibility index (Phi) is 3.76. The monoisotopic (exact) mass is 279 g/mol. The SMILES string of the molecule is CN(C)Cc1nc2c(o1)CN(C(=O)C1CCOCC1)C2. The van der Waals surface area contributed by atoms with Crippen molar-refractivity contribution in [2.45, 2.75) is 32.5 Å². The molecule has 1 saturated heterocycles. The van der Waals surface area contributed by atoms with E-state index in [0.29, 0.717) is 32.8 Å². The van der Waals surface area contributed by atoms with Gasteiger partial charge in [-0.15, -0.1) is 0 Å². The van der Waals surface area contributed by atoms with Crippen LogP contribution in [0.15, 0.2) is 4.42 Å². The van der Waals surface area contributed by atoms with Gasteiger partial charge in [0.2, 0.25) is 11.8 Å². The number of oxazole rings is 1. The number of nitrogens with zero attached hydrogens (tertiary/aromatic N) is 3. The van der Waals surface area contributed by atoms with Crippen LogP contribution in [0.3, 0.4) is 0 Å². The van der Waals surface area contributed by atoms with E-state index in [0.717, 1.165) is 30.2 Å². The van der Waals surface area contributed by atoms with Gasteiger partial charge in [0.1, 0.15) is 11.5 Å². The third-order valence-electron chi connectivity index (χ3n) is 3.83. The van der Waals surface area contributed by atoms with E-state index in [1.165, 1.54) is 0 Å². The molecule has 0 aliphatic carbocycles. The van der Waals surface area contributed by atoms with E-state index in [9.17, 15) is 4.79 Å². The van der Waals surface area contributed by atoms with Crippen LogP contribution in [0.5, 0.6) is 0 Å². The zero-order valence-corrected chi connectivity index (χ0v) is 12.1. The fraction of sp³-hybridized carbons (Fsp3) is 0.714. The van der Waals surface area contributed by atoms with Gasteiger partial charge < -0.3 is 19.0 Å². The first-order valence-corrected chi connectivity index (χ1v) is 7.12. The van der Waals surface area contributed by atoms with Crippen LogP contribution in [0.25, 0.3) is 0 Å². The Labute approximate surface area is 118 Å². The number of ether oxygens (including phenoxy) is 1. The molecule has 0 atom stereocenters. The van der Waals surface area contributed by atoms with Crippen molar-refractivity contribution < 1.29 is 13.9 Å². The van der Waals surface area contributed by atoms with Gasteiger partial charge in [-0.25, -0.2) is 4.98 Å². The predicted molar refractivity (Wildman–Crippen MR) is 71.7 cm³/mol. The topological polar surface area (TPSA) is 58.8 Å². The molecule has 0 aromatic carbocycles. The molecule has 2 aliphatic heterocycles. The van der Waals surface area contributed by atoms with Crippen LogP contribution in [-0.2, 0) is 29.2 Å². The molecule has 1 aromatic rings. The third-order valence-corrected chi connectivity index (χ3v) is 3.83. The molecule has 0 unspecified atom stereocenters. The van der Waals surface area contributed by atoms with E-state index in [2.05, 4.69) is 4.98 Å². The Balaban J connectivity index is 1.62. The summed E-state index contributed by atoms with van der Waals surface area (Å²) in [6, 6.07) is 0. The molecule has 0 bridgehead atoms. The normalized spacial score (nSPS) is 19.6. The number of carbonyl (C=O) groups is 1. The lowest BCUT2D eigenvalue weighted by molar-refractivity contribution is -0.139. The van der Waals surface area contributed by atoms with E-state index in [-0.39, 0.29) is 11.8 Å². The second-order valence-electron chi connectivity index (χ2n) is 5.80. The first-order chi connectivity index (χ1) is 9.63. The van der Waals surface area contributed by atoms with Crippen LogP contribution in [0.2, 0.25) is 0 Å². The van der Waals surface area contributed by atoms with Gasteiger partial charge in [-0.1, -0.05) is 0 Å². The van der Waals surface area contributed by atoms with Gasteiger partial charge in [0.15, 0.2) is 0 Å². The second-order valence-corrected chi connectivity index (χ2v) is 5.80. The molecule has 1 fully saturated rings. The van der Waals surface area contributed by atoms with Crippen LogP contribution in [0.4, 0.5) is 0 Å². The predicted octanol–water partition coefficient (Wildman–Crippen LogP) is 1.00.